The van der Waals surface area contributed by atoms with Crippen molar-refractivity contribution in [3.8, 4) is 17.0 Å². The molecule has 0 saturated heterocycles. The number of amides is 1. The van der Waals surface area contributed by atoms with Gasteiger partial charge in [0, 0.05) is 38.0 Å². The average molecular weight is 378 g/mol. The van der Waals surface area contributed by atoms with Gasteiger partial charge in [-0.2, -0.15) is 5.10 Å². The van der Waals surface area contributed by atoms with Gasteiger partial charge in [-0.25, -0.2) is 0 Å². The van der Waals surface area contributed by atoms with Crippen LogP contribution in [0.2, 0.25) is 0 Å². The zero-order chi connectivity index (χ0) is 19.8. The van der Waals surface area contributed by atoms with Gasteiger partial charge < -0.3 is 10.1 Å². The number of ether oxygens (including phenoxy) is 1. The second kappa shape index (κ2) is 9.69. The number of nitrogens with zero attached hydrogens (tertiary/aromatic N) is 3. The Morgan fingerprint density at radius 2 is 1.89 bits per heavy atom. The van der Waals surface area contributed by atoms with E-state index in [0.717, 1.165) is 41.2 Å². The number of hydrogen-bond donors (Lipinski definition) is 1. The van der Waals surface area contributed by atoms with Crippen LogP contribution in [0.1, 0.15) is 30.9 Å². The van der Waals surface area contributed by atoms with Crippen LogP contribution in [0.4, 0.5) is 0 Å². The molecule has 3 rings (SSSR count). The smallest absolute Gasteiger partial charge is 0.220 e. The minimum atomic E-state index is 0.0302. The number of hydrogen-bond acceptors (Lipinski definition) is 4. The summed E-state index contributed by atoms with van der Waals surface area (Å²) in [6.07, 6.45) is 7.65. The highest BCUT2D eigenvalue weighted by Gasteiger charge is 2.05. The molecule has 0 aliphatic heterocycles. The zero-order valence-corrected chi connectivity index (χ0v) is 16.4. The summed E-state index contributed by atoms with van der Waals surface area (Å²) in [4.78, 5) is 16.6. The van der Waals surface area contributed by atoms with Gasteiger partial charge in [0.15, 0.2) is 0 Å². The lowest BCUT2D eigenvalue weighted by atomic mass is 10.1. The summed E-state index contributed by atoms with van der Waals surface area (Å²) in [6, 6.07) is 11.9. The lowest BCUT2D eigenvalue weighted by Gasteiger charge is -2.07. The van der Waals surface area contributed by atoms with Crippen molar-refractivity contribution in [2.75, 3.05) is 6.61 Å². The Morgan fingerprint density at radius 1 is 1.11 bits per heavy atom. The number of benzene rings is 1. The highest BCUT2D eigenvalue weighted by Crippen LogP contribution is 2.16. The van der Waals surface area contributed by atoms with E-state index < -0.39 is 0 Å². The normalized spacial score (nSPS) is 10.6. The molecule has 146 valence electrons. The van der Waals surface area contributed by atoms with Gasteiger partial charge >= 0.3 is 0 Å². The molecule has 0 aliphatic carbocycles. The predicted molar refractivity (Wildman–Crippen MR) is 109 cm³/mol. The van der Waals surface area contributed by atoms with Crippen molar-refractivity contribution in [3.05, 3.63) is 66.1 Å². The van der Waals surface area contributed by atoms with E-state index in [1.807, 2.05) is 49.6 Å². The van der Waals surface area contributed by atoms with Gasteiger partial charge in [0.25, 0.3) is 0 Å². The summed E-state index contributed by atoms with van der Waals surface area (Å²) in [6.45, 7) is 3.28. The van der Waals surface area contributed by atoms with Crippen molar-refractivity contribution in [2.45, 2.75) is 32.7 Å². The molecule has 0 unspecified atom stereocenters. The molecular formula is C22H26N4O2. The van der Waals surface area contributed by atoms with Crippen molar-refractivity contribution >= 4 is 5.91 Å². The van der Waals surface area contributed by atoms with Crippen molar-refractivity contribution in [2.24, 2.45) is 7.05 Å². The van der Waals surface area contributed by atoms with E-state index in [4.69, 9.17) is 4.74 Å². The van der Waals surface area contributed by atoms with Gasteiger partial charge in [0.05, 0.1) is 18.5 Å². The van der Waals surface area contributed by atoms with Crippen LogP contribution in [0.5, 0.6) is 5.75 Å². The quantitative estimate of drug-likeness (QED) is 0.619. The van der Waals surface area contributed by atoms with E-state index in [0.29, 0.717) is 19.4 Å². The minimum absolute atomic E-state index is 0.0302. The van der Waals surface area contributed by atoms with Gasteiger partial charge in [0.1, 0.15) is 5.75 Å². The van der Waals surface area contributed by atoms with Crippen LogP contribution in [0.3, 0.4) is 0 Å². The molecule has 0 bridgehead atoms. The van der Waals surface area contributed by atoms with Gasteiger partial charge in [0.2, 0.25) is 5.91 Å². The third kappa shape index (κ3) is 5.67. The molecule has 2 heterocycles. The second-order valence-electron chi connectivity index (χ2n) is 6.72. The average Bonchev–Trinajstić information content (AvgIpc) is 3.16. The first-order chi connectivity index (χ1) is 13.6. The van der Waals surface area contributed by atoms with E-state index in [9.17, 15) is 4.79 Å². The van der Waals surface area contributed by atoms with E-state index in [1.165, 1.54) is 0 Å². The monoisotopic (exact) mass is 378 g/mol. The Hall–Kier alpha value is -3.15. The number of pyridine rings is 1. The Kier molecular flexibility index (Phi) is 6.78. The number of nitrogens with one attached hydrogen (secondary N) is 1. The van der Waals surface area contributed by atoms with E-state index in [1.54, 1.807) is 17.1 Å². The summed E-state index contributed by atoms with van der Waals surface area (Å²) in [7, 11) is 1.88. The van der Waals surface area contributed by atoms with Crippen molar-refractivity contribution in [1.82, 2.24) is 20.1 Å². The van der Waals surface area contributed by atoms with Gasteiger partial charge in [-0.15, -0.1) is 0 Å². The molecule has 3 aromatic rings. The predicted octanol–water partition coefficient (Wildman–Crippen LogP) is 3.52. The highest BCUT2D eigenvalue weighted by molar-refractivity contribution is 5.76. The highest BCUT2D eigenvalue weighted by atomic mass is 16.5. The van der Waals surface area contributed by atoms with Crippen molar-refractivity contribution in [1.29, 1.82) is 0 Å². The largest absolute Gasteiger partial charge is 0.494 e. The zero-order valence-electron chi connectivity index (χ0n) is 16.4. The van der Waals surface area contributed by atoms with Crippen molar-refractivity contribution < 1.29 is 9.53 Å². The fraction of sp³-hybridized carbons (Fsp3) is 0.318. The molecule has 0 atom stereocenters. The van der Waals surface area contributed by atoms with E-state index in [-0.39, 0.29) is 5.91 Å². The minimum Gasteiger partial charge on any atom is -0.494 e. The molecule has 28 heavy (non-hydrogen) atoms. The van der Waals surface area contributed by atoms with Gasteiger partial charge in [-0.3, -0.25) is 14.5 Å². The number of carbonyl (C=O) groups excluding carboxylic acids is 1. The molecule has 0 saturated carbocycles. The summed E-state index contributed by atoms with van der Waals surface area (Å²) in [5, 5.41) is 7.10. The Bertz CT molecular complexity index is 886. The van der Waals surface area contributed by atoms with E-state index >= 15 is 0 Å². The maximum absolute atomic E-state index is 12.1. The van der Waals surface area contributed by atoms with Crippen LogP contribution in [-0.4, -0.2) is 27.3 Å². The number of aryl methyl sites for hydroxylation is 2. The number of carbonyl (C=O) groups is 1. The second-order valence-corrected chi connectivity index (χ2v) is 6.72. The van der Waals surface area contributed by atoms with Crippen LogP contribution in [0.25, 0.3) is 11.3 Å². The standard InChI is InChI=1S/C22H26N4O2/c1-3-12-28-20-8-4-17(5-9-20)7-11-22(27)24-14-18-6-10-21(23-13-18)19-15-25-26(2)16-19/h4-6,8-10,13,15-16H,3,7,11-12,14H2,1-2H3,(H,24,27). The van der Waals surface area contributed by atoms with Crippen LogP contribution in [0, 0.1) is 0 Å². The fourth-order valence-electron chi connectivity index (χ4n) is 2.77. The molecule has 0 radical (unpaired) electrons. The first kappa shape index (κ1) is 19.6. The molecule has 0 spiro atoms. The molecule has 2 aromatic heterocycles. The first-order valence-corrected chi connectivity index (χ1v) is 9.56. The molecular weight excluding hydrogens is 352 g/mol. The SMILES string of the molecule is CCCOc1ccc(CCC(=O)NCc2ccc(-c3cnn(C)c3)nc2)cc1. The van der Waals surface area contributed by atoms with E-state index in [2.05, 4.69) is 22.3 Å². The molecule has 6 heteroatoms. The molecule has 6 nitrogen and oxygen atoms in total. The summed E-state index contributed by atoms with van der Waals surface area (Å²) in [5.74, 6) is 0.903. The van der Waals surface area contributed by atoms with Crippen LogP contribution in [-0.2, 0) is 24.8 Å². The van der Waals surface area contributed by atoms with Crippen molar-refractivity contribution in [3.63, 3.8) is 0 Å². The molecule has 1 aromatic carbocycles. The van der Waals surface area contributed by atoms with Crippen LogP contribution < -0.4 is 10.1 Å². The van der Waals surface area contributed by atoms with Crippen LogP contribution in [0.15, 0.2) is 55.0 Å². The summed E-state index contributed by atoms with van der Waals surface area (Å²) >= 11 is 0. The lowest BCUT2D eigenvalue weighted by Crippen LogP contribution is -2.23. The van der Waals surface area contributed by atoms with Gasteiger partial charge in [-0.05, 0) is 42.2 Å². The van der Waals surface area contributed by atoms with Gasteiger partial charge in [-0.1, -0.05) is 25.1 Å². The summed E-state index contributed by atoms with van der Waals surface area (Å²) < 4.78 is 7.32. The topological polar surface area (TPSA) is 69.0 Å². The maximum atomic E-state index is 12.1. The first-order valence-electron chi connectivity index (χ1n) is 9.56. The third-order valence-corrected chi connectivity index (χ3v) is 4.35. The molecule has 0 fully saturated rings. The molecule has 1 N–H and O–H groups in total. The molecule has 0 aliphatic rings. The number of aromatic nitrogens is 3. The Balaban J connectivity index is 1.42. The number of rotatable bonds is 9. The maximum Gasteiger partial charge on any atom is 0.220 e. The molecule has 1 amide bonds. The summed E-state index contributed by atoms with van der Waals surface area (Å²) in [5.41, 5.74) is 3.94. The third-order valence-electron chi connectivity index (χ3n) is 4.35. The Morgan fingerprint density at radius 3 is 2.54 bits per heavy atom. The van der Waals surface area contributed by atoms with Crippen LogP contribution >= 0.6 is 0 Å². The fourth-order valence-corrected chi connectivity index (χ4v) is 2.77. The Labute approximate surface area is 165 Å². The lowest BCUT2D eigenvalue weighted by molar-refractivity contribution is -0.121.